The molecule has 124 valence electrons. The van der Waals surface area contributed by atoms with Gasteiger partial charge in [-0.3, -0.25) is 9.10 Å². The third-order valence-electron chi connectivity index (χ3n) is 3.24. The molecular weight excluding hydrogens is 331 g/mol. The van der Waals surface area contributed by atoms with Crippen LogP contribution in [0.5, 0.6) is 0 Å². The molecule has 0 aliphatic heterocycles. The maximum absolute atomic E-state index is 13.2. The quantitative estimate of drug-likeness (QED) is 0.857. The van der Waals surface area contributed by atoms with E-state index < -0.39 is 33.8 Å². The van der Waals surface area contributed by atoms with Crippen molar-refractivity contribution in [1.29, 1.82) is 0 Å². The Hall–Kier alpha value is -1.34. The predicted octanol–water partition coefficient (Wildman–Crippen LogP) is 2.55. The molecule has 0 radical (unpaired) electrons. The number of carbonyl (C=O) groups excluding carboxylic acids is 1. The average molecular weight is 351 g/mol. The number of benzene rings is 1. The first-order valence-corrected chi connectivity index (χ1v) is 8.92. The third-order valence-corrected chi connectivity index (χ3v) is 4.67. The number of nitrogens with one attached hydrogen (secondary N) is 1. The van der Waals surface area contributed by atoms with Crippen LogP contribution in [0.25, 0.3) is 0 Å². The lowest BCUT2D eigenvalue weighted by Crippen LogP contribution is -2.48. The zero-order valence-electron chi connectivity index (χ0n) is 13.0. The molecule has 22 heavy (non-hydrogen) atoms. The molecule has 0 unspecified atom stereocenters. The first-order chi connectivity index (χ1) is 9.96. The lowest BCUT2D eigenvalue weighted by molar-refractivity contribution is -0.121. The van der Waals surface area contributed by atoms with Gasteiger partial charge >= 0.3 is 0 Å². The first-order valence-electron chi connectivity index (χ1n) is 6.70. The highest BCUT2D eigenvalue weighted by molar-refractivity contribution is 7.92. The van der Waals surface area contributed by atoms with Gasteiger partial charge in [0, 0.05) is 5.54 Å². The Morgan fingerprint density at radius 3 is 2.45 bits per heavy atom. The Morgan fingerprint density at radius 2 is 2.00 bits per heavy atom. The molecule has 0 aromatic heterocycles. The van der Waals surface area contributed by atoms with Crippen LogP contribution in [0, 0.1) is 5.82 Å². The number of anilines is 1. The number of amides is 1. The molecule has 0 heterocycles. The highest BCUT2D eigenvalue weighted by Crippen LogP contribution is 2.24. The number of halogens is 2. The van der Waals surface area contributed by atoms with Crippen LogP contribution >= 0.6 is 11.6 Å². The number of carbonyl (C=O) groups is 1. The van der Waals surface area contributed by atoms with Gasteiger partial charge in [0.05, 0.1) is 17.0 Å². The van der Waals surface area contributed by atoms with Gasteiger partial charge in [0.1, 0.15) is 12.4 Å². The van der Waals surface area contributed by atoms with Crippen molar-refractivity contribution in [1.82, 2.24) is 5.32 Å². The van der Waals surface area contributed by atoms with Crippen molar-refractivity contribution in [3.63, 3.8) is 0 Å². The van der Waals surface area contributed by atoms with Crippen molar-refractivity contribution in [3.05, 3.63) is 29.0 Å². The van der Waals surface area contributed by atoms with E-state index in [4.69, 9.17) is 11.6 Å². The summed E-state index contributed by atoms with van der Waals surface area (Å²) in [7, 11) is -3.71. The fourth-order valence-electron chi connectivity index (χ4n) is 1.68. The van der Waals surface area contributed by atoms with Gasteiger partial charge < -0.3 is 5.32 Å². The van der Waals surface area contributed by atoms with Gasteiger partial charge in [0.2, 0.25) is 15.9 Å². The van der Waals surface area contributed by atoms with Gasteiger partial charge in [0.25, 0.3) is 0 Å². The Morgan fingerprint density at radius 1 is 1.41 bits per heavy atom. The van der Waals surface area contributed by atoms with Crippen molar-refractivity contribution in [2.75, 3.05) is 17.1 Å². The van der Waals surface area contributed by atoms with Crippen molar-refractivity contribution < 1.29 is 17.6 Å². The molecule has 1 N–H and O–H groups in total. The molecule has 0 saturated carbocycles. The lowest BCUT2D eigenvalue weighted by Gasteiger charge is -2.27. The molecule has 0 aliphatic carbocycles. The van der Waals surface area contributed by atoms with Gasteiger partial charge in [-0.2, -0.15) is 0 Å². The Kier molecular flexibility index (Phi) is 5.81. The minimum absolute atomic E-state index is 0.137. The molecule has 0 bridgehead atoms. The van der Waals surface area contributed by atoms with Gasteiger partial charge in [0.15, 0.2) is 0 Å². The summed E-state index contributed by atoms with van der Waals surface area (Å²) < 4.78 is 37.9. The van der Waals surface area contributed by atoms with Crippen molar-refractivity contribution in [2.45, 2.75) is 32.7 Å². The molecule has 5 nitrogen and oxygen atoms in total. The SMILES string of the molecule is CCC(C)(C)NC(=O)CN(c1ccc(F)c(Cl)c1)S(C)(=O)=O. The second kappa shape index (κ2) is 6.83. The van der Waals surface area contributed by atoms with E-state index in [1.807, 2.05) is 20.8 Å². The largest absolute Gasteiger partial charge is 0.350 e. The highest BCUT2D eigenvalue weighted by Gasteiger charge is 2.24. The fourth-order valence-corrected chi connectivity index (χ4v) is 2.70. The smallest absolute Gasteiger partial charge is 0.241 e. The normalized spacial score (nSPS) is 12.1. The van der Waals surface area contributed by atoms with Crippen molar-refractivity contribution in [2.24, 2.45) is 0 Å². The second-order valence-corrected chi connectivity index (χ2v) is 7.97. The summed E-state index contributed by atoms with van der Waals surface area (Å²) in [6.07, 6.45) is 1.67. The van der Waals surface area contributed by atoms with Crippen LogP contribution < -0.4 is 9.62 Å². The number of sulfonamides is 1. The fraction of sp³-hybridized carbons (Fsp3) is 0.500. The van der Waals surface area contributed by atoms with E-state index in [2.05, 4.69) is 5.32 Å². The average Bonchev–Trinajstić information content (AvgIpc) is 2.37. The summed E-state index contributed by atoms with van der Waals surface area (Å²) in [6.45, 7) is 5.19. The summed E-state index contributed by atoms with van der Waals surface area (Å²) >= 11 is 5.68. The Balaban J connectivity index is 3.05. The monoisotopic (exact) mass is 350 g/mol. The molecule has 0 spiro atoms. The van der Waals surface area contributed by atoms with Crippen LogP contribution in [0.4, 0.5) is 10.1 Å². The van der Waals surface area contributed by atoms with Crippen LogP contribution in [0.3, 0.4) is 0 Å². The lowest BCUT2D eigenvalue weighted by atomic mass is 10.0. The van der Waals surface area contributed by atoms with Crippen LogP contribution in [0.2, 0.25) is 5.02 Å². The van der Waals surface area contributed by atoms with E-state index in [1.165, 1.54) is 12.1 Å². The zero-order valence-corrected chi connectivity index (χ0v) is 14.6. The summed E-state index contributed by atoms with van der Waals surface area (Å²) in [5.74, 6) is -1.10. The maximum atomic E-state index is 13.2. The van der Waals surface area contributed by atoms with Crippen molar-refractivity contribution in [3.8, 4) is 0 Å². The molecule has 0 aliphatic rings. The standard InChI is InChI=1S/C14H20ClFN2O3S/c1-5-14(2,3)17-13(19)9-18(22(4,20)21)10-6-7-12(16)11(15)8-10/h6-8H,5,9H2,1-4H3,(H,17,19). The van der Waals surface area contributed by atoms with Crippen molar-refractivity contribution >= 4 is 33.2 Å². The van der Waals surface area contributed by atoms with Gasteiger partial charge in [-0.25, -0.2) is 12.8 Å². The van der Waals surface area contributed by atoms with Gasteiger partial charge in [-0.05, 0) is 38.5 Å². The van der Waals surface area contributed by atoms with E-state index in [1.54, 1.807) is 0 Å². The molecule has 0 atom stereocenters. The third kappa shape index (κ3) is 5.14. The Bertz CT molecular complexity index is 662. The number of nitrogens with zero attached hydrogens (tertiary/aromatic N) is 1. The van der Waals surface area contributed by atoms with E-state index in [9.17, 15) is 17.6 Å². The van der Waals surface area contributed by atoms with E-state index >= 15 is 0 Å². The minimum atomic E-state index is -3.71. The Labute approximate surface area is 135 Å². The summed E-state index contributed by atoms with van der Waals surface area (Å²) in [6, 6.07) is 3.50. The molecule has 1 aromatic carbocycles. The summed E-state index contributed by atoms with van der Waals surface area (Å²) in [4.78, 5) is 12.1. The topological polar surface area (TPSA) is 66.5 Å². The van der Waals surface area contributed by atoms with E-state index in [-0.39, 0.29) is 10.7 Å². The maximum Gasteiger partial charge on any atom is 0.241 e. The molecule has 1 rings (SSSR count). The zero-order chi connectivity index (χ0) is 17.1. The molecule has 0 fully saturated rings. The summed E-state index contributed by atoms with van der Waals surface area (Å²) in [5, 5.41) is 2.54. The molecule has 1 aromatic rings. The highest BCUT2D eigenvalue weighted by atomic mass is 35.5. The van der Waals surface area contributed by atoms with E-state index in [0.29, 0.717) is 6.42 Å². The van der Waals surface area contributed by atoms with E-state index in [0.717, 1.165) is 16.6 Å². The first kappa shape index (κ1) is 18.7. The molecule has 1 amide bonds. The number of hydrogen-bond donors (Lipinski definition) is 1. The summed E-state index contributed by atoms with van der Waals surface area (Å²) in [5.41, 5.74) is -0.306. The van der Waals surface area contributed by atoms with Crippen LogP contribution in [-0.2, 0) is 14.8 Å². The molecular formula is C14H20ClFN2O3S. The van der Waals surface area contributed by atoms with Crippen LogP contribution in [0.15, 0.2) is 18.2 Å². The van der Waals surface area contributed by atoms with Gasteiger partial charge in [-0.1, -0.05) is 18.5 Å². The number of hydrogen-bond acceptors (Lipinski definition) is 3. The molecule has 0 saturated heterocycles. The van der Waals surface area contributed by atoms with Crippen LogP contribution in [-0.4, -0.2) is 32.7 Å². The van der Waals surface area contributed by atoms with Gasteiger partial charge in [-0.15, -0.1) is 0 Å². The number of rotatable bonds is 6. The van der Waals surface area contributed by atoms with Crippen LogP contribution in [0.1, 0.15) is 27.2 Å². The minimum Gasteiger partial charge on any atom is -0.350 e. The molecule has 8 heteroatoms. The second-order valence-electron chi connectivity index (χ2n) is 5.65. The predicted molar refractivity (Wildman–Crippen MR) is 86.1 cm³/mol.